The molecule has 29 heavy (non-hydrogen) atoms. The molecule has 3 heterocycles. The predicted octanol–water partition coefficient (Wildman–Crippen LogP) is 3.50. The molecule has 0 N–H and O–H groups in total. The Morgan fingerprint density at radius 2 is 1.90 bits per heavy atom. The number of carbonyl (C=O) groups excluding carboxylic acids is 1. The van der Waals surface area contributed by atoms with E-state index in [1.54, 1.807) is 40.8 Å². The van der Waals surface area contributed by atoms with Gasteiger partial charge in [0.25, 0.3) is 5.56 Å². The molecule has 0 aliphatic heterocycles. The summed E-state index contributed by atoms with van der Waals surface area (Å²) in [4.78, 5) is 30.0. The van der Waals surface area contributed by atoms with Crippen molar-refractivity contribution in [2.24, 2.45) is 0 Å². The first-order chi connectivity index (χ1) is 14.2. The Bertz CT molecular complexity index is 1490. The van der Waals surface area contributed by atoms with Crippen molar-refractivity contribution in [3.8, 4) is 11.3 Å². The van der Waals surface area contributed by atoms with E-state index in [1.807, 2.05) is 30.3 Å². The summed E-state index contributed by atoms with van der Waals surface area (Å²) in [5.41, 5.74) is 2.50. The van der Waals surface area contributed by atoms with E-state index < -0.39 is 5.97 Å². The molecule has 7 heteroatoms. The van der Waals surface area contributed by atoms with Gasteiger partial charge in [-0.3, -0.25) is 4.79 Å². The van der Waals surface area contributed by atoms with Gasteiger partial charge in [-0.1, -0.05) is 41.7 Å². The van der Waals surface area contributed by atoms with Crippen LogP contribution in [0.5, 0.6) is 0 Å². The second kappa shape index (κ2) is 6.72. The Morgan fingerprint density at radius 3 is 2.76 bits per heavy atom. The maximum Gasteiger partial charge on any atom is 0.338 e. The zero-order chi connectivity index (χ0) is 20.0. The number of furan rings is 1. The lowest BCUT2D eigenvalue weighted by Crippen LogP contribution is -2.22. The Morgan fingerprint density at radius 1 is 1.10 bits per heavy atom. The van der Waals surface area contributed by atoms with Crippen molar-refractivity contribution in [2.45, 2.75) is 0 Å². The van der Waals surface area contributed by atoms with Gasteiger partial charge in [0.1, 0.15) is 16.1 Å². The zero-order valence-electron chi connectivity index (χ0n) is 15.3. The molecule has 0 aliphatic carbocycles. The molecule has 5 aromatic rings. The molecule has 0 spiro atoms. The predicted molar refractivity (Wildman–Crippen MR) is 111 cm³/mol. The normalized spacial score (nSPS) is 12.1. The summed E-state index contributed by atoms with van der Waals surface area (Å²) in [6.45, 7) is 0. The van der Waals surface area contributed by atoms with E-state index >= 15 is 0 Å². The Hall–Kier alpha value is -3.71. The highest BCUT2D eigenvalue weighted by atomic mass is 32.1. The number of aromatic nitrogens is 2. The molecule has 2 aromatic carbocycles. The maximum absolute atomic E-state index is 12.9. The van der Waals surface area contributed by atoms with Crippen molar-refractivity contribution in [3.05, 3.63) is 86.9 Å². The number of thiazole rings is 1. The van der Waals surface area contributed by atoms with E-state index in [0.717, 1.165) is 11.0 Å². The van der Waals surface area contributed by atoms with Gasteiger partial charge in [-0.15, -0.1) is 0 Å². The quantitative estimate of drug-likeness (QED) is 0.432. The number of methoxy groups -OCH3 is 1. The number of benzene rings is 2. The molecule has 0 aliphatic rings. The molecular formula is C22H14N2O4S. The van der Waals surface area contributed by atoms with Crippen molar-refractivity contribution < 1.29 is 13.9 Å². The highest BCUT2D eigenvalue weighted by Gasteiger charge is 2.15. The fourth-order valence-electron chi connectivity index (χ4n) is 3.30. The van der Waals surface area contributed by atoms with Gasteiger partial charge in [-0.05, 0) is 30.3 Å². The molecule has 0 radical (unpaired) electrons. The third kappa shape index (κ3) is 2.83. The van der Waals surface area contributed by atoms with Crippen LogP contribution in [0.15, 0.2) is 69.9 Å². The number of nitrogens with zero attached hydrogens (tertiary/aromatic N) is 2. The second-order valence-corrected chi connectivity index (χ2v) is 7.38. The lowest BCUT2D eigenvalue weighted by Gasteiger charge is -2.04. The Labute approximate surface area is 168 Å². The Kier molecular flexibility index (Phi) is 4.03. The van der Waals surface area contributed by atoms with Crippen molar-refractivity contribution in [3.63, 3.8) is 0 Å². The van der Waals surface area contributed by atoms with Gasteiger partial charge in [0.05, 0.1) is 23.7 Å². The summed E-state index contributed by atoms with van der Waals surface area (Å²) < 4.78 is 12.9. The molecule has 6 nitrogen and oxygen atoms in total. The van der Waals surface area contributed by atoms with Gasteiger partial charge >= 0.3 is 5.97 Å². The van der Waals surface area contributed by atoms with Crippen molar-refractivity contribution >= 4 is 39.4 Å². The highest BCUT2D eigenvalue weighted by molar-refractivity contribution is 7.15. The first-order valence-corrected chi connectivity index (χ1v) is 9.66. The van der Waals surface area contributed by atoms with Crippen molar-refractivity contribution in [1.29, 1.82) is 0 Å². The molecule has 0 unspecified atom stereocenters. The topological polar surface area (TPSA) is 73.8 Å². The minimum absolute atomic E-state index is 0.133. The lowest BCUT2D eigenvalue weighted by atomic mass is 10.1. The number of hydrogen-bond acceptors (Lipinski definition) is 6. The van der Waals surface area contributed by atoms with E-state index in [0.29, 0.717) is 32.1 Å². The summed E-state index contributed by atoms with van der Waals surface area (Å²) in [6.07, 6.45) is 1.70. The molecule has 0 bridgehead atoms. The highest BCUT2D eigenvalue weighted by Crippen LogP contribution is 2.26. The number of para-hydroxylation sites is 2. The first kappa shape index (κ1) is 17.4. The fraction of sp³-hybridized carbons (Fsp3) is 0.0455. The van der Waals surface area contributed by atoms with Gasteiger partial charge in [0.15, 0.2) is 4.96 Å². The summed E-state index contributed by atoms with van der Waals surface area (Å²) in [5, 5.41) is 0. The molecule has 0 fully saturated rings. The minimum atomic E-state index is -0.435. The van der Waals surface area contributed by atoms with Crippen LogP contribution in [0.2, 0.25) is 0 Å². The summed E-state index contributed by atoms with van der Waals surface area (Å²) >= 11 is 1.31. The molecule has 0 saturated heterocycles. The number of imidazole rings is 1. The number of hydrogen-bond donors (Lipinski definition) is 0. The van der Waals surface area contributed by atoms with Crippen LogP contribution in [-0.2, 0) is 4.74 Å². The number of ether oxygens (including phenoxy) is 1. The maximum atomic E-state index is 12.9. The summed E-state index contributed by atoms with van der Waals surface area (Å²) in [5.74, 6) is 0.609. The van der Waals surface area contributed by atoms with Gasteiger partial charge in [-0.2, -0.15) is 0 Å². The minimum Gasteiger partial charge on any atom is -0.465 e. The monoisotopic (exact) mass is 402 g/mol. The fourth-order valence-corrected chi connectivity index (χ4v) is 4.27. The number of esters is 1. The molecule has 0 saturated carbocycles. The number of carbonyl (C=O) groups is 1. The molecule has 5 rings (SSSR count). The van der Waals surface area contributed by atoms with Crippen molar-refractivity contribution in [2.75, 3.05) is 7.11 Å². The standard InChI is InChI=1S/C22H14N2O4S/c1-27-21(26)15-7-3-2-6-14(15)18-11-10-13(28-18)12-19-20(25)24-17-9-5-4-8-16(17)23-22(24)29-19/h2-12H,1H3/b19-12+. The third-order valence-corrected chi connectivity index (χ3v) is 5.61. The van der Waals surface area contributed by atoms with Crippen LogP contribution in [-0.4, -0.2) is 22.5 Å². The van der Waals surface area contributed by atoms with E-state index in [9.17, 15) is 9.59 Å². The first-order valence-electron chi connectivity index (χ1n) is 8.85. The molecular weight excluding hydrogens is 388 g/mol. The van der Waals surface area contributed by atoms with E-state index in [-0.39, 0.29) is 5.56 Å². The number of rotatable bonds is 3. The zero-order valence-corrected chi connectivity index (χ0v) is 16.1. The van der Waals surface area contributed by atoms with Crippen LogP contribution in [0.4, 0.5) is 0 Å². The molecule has 3 aromatic heterocycles. The third-order valence-electron chi connectivity index (χ3n) is 4.64. The van der Waals surface area contributed by atoms with Gasteiger partial charge in [0.2, 0.25) is 0 Å². The van der Waals surface area contributed by atoms with Crippen LogP contribution in [0.25, 0.3) is 33.4 Å². The van der Waals surface area contributed by atoms with Gasteiger partial charge in [-0.25, -0.2) is 14.2 Å². The summed E-state index contributed by atoms with van der Waals surface area (Å²) in [6, 6.07) is 18.1. The lowest BCUT2D eigenvalue weighted by molar-refractivity contribution is 0.0601. The average Bonchev–Trinajstić information content (AvgIpc) is 3.43. The SMILES string of the molecule is COC(=O)c1ccccc1-c1ccc(/C=c2/sc3nc4ccccc4n3c2=O)o1. The molecule has 142 valence electrons. The second-order valence-electron chi connectivity index (χ2n) is 6.37. The van der Waals surface area contributed by atoms with Crippen LogP contribution in [0, 0.1) is 0 Å². The summed E-state index contributed by atoms with van der Waals surface area (Å²) in [7, 11) is 1.34. The van der Waals surface area contributed by atoms with Crippen molar-refractivity contribution in [1.82, 2.24) is 9.38 Å². The van der Waals surface area contributed by atoms with Crippen LogP contribution < -0.4 is 10.1 Å². The van der Waals surface area contributed by atoms with E-state index in [2.05, 4.69) is 4.98 Å². The van der Waals surface area contributed by atoms with E-state index in [4.69, 9.17) is 9.15 Å². The smallest absolute Gasteiger partial charge is 0.338 e. The Balaban J connectivity index is 1.61. The van der Waals surface area contributed by atoms with Crippen LogP contribution in [0.1, 0.15) is 16.1 Å². The van der Waals surface area contributed by atoms with Gasteiger partial charge < -0.3 is 9.15 Å². The van der Waals surface area contributed by atoms with E-state index in [1.165, 1.54) is 18.4 Å². The van der Waals surface area contributed by atoms with Gasteiger partial charge in [0, 0.05) is 11.6 Å². The molecule has 0 amide bonds. The number of fused-ring (bicyclic) bond motifs is 3. The van der Waals surface area contributed by atoms with Crippen LogP contribution in [0.3, 0.4) is 0 Å². The average molecular weight is 402 g/mol. The largest absolute Gasteiger partial charge is 0.465 e. The van der Waals surface area contributed by atoms with Crippen LogP contribution >= 0.6 is 11.3 Å². The molecule has 0 atom stereocenters.